The summed E-state index contributed by atoms with van der Waals surface area (Å²) in [5.74, 6) is 0. The Hall–Kier alpha value is -6.14. The van der Waals surface area contributed by atoms with E-state index in [1.807, 2.05) is 76.2 Å². The summed E-state index contributed by atoms with van der Waals surface area (Å²) < 4.78 is 0. The van der Waals surface area contributed by atoms with E-state index < -0.39 is 0 Å². The maximum Gasteiger partial charge on any atom is 0.0849 e. The molecule has 0 saturated heterocycles. The van der Waals surface area contributed by atoms with Crippen molar-refractivity contribution in [3.05, 3.63) is 176 Å². The third-order valence-electron chi connectivity index (χ3n) is 9.63. The van der Waals surface area contributed by atoms with Crippen molar-refractivity contribution in [1.29, 1.82) is 0 Å². The van der Waals surface area contributed by atoms with E-state index in [0.29, 0.717) is 0 Å². The third-order valence-corrected chi connectivity index (χ3v) is 9.63. The largest absolute Gasteiger partial charge is 0.252 e. The van der Waals surface area contributed by atoms with Crippen LogP contribution in [0.15, 0.2) is 129 Å². The Morgan fingerprint density at radius 1 is 0.400 bits per heavy atom. The summed E-state index contributed by atoms with van der Waals surface area (Å²) in [4.78, 5) is 29.8. The Labute approximate surface area is 326 Å². The smallest absolute Gasteiger partial charge is 0.0849 e. The van der Waals surface area contributed by atoms with Gasteiger partial charge in [-0.2, -0.15) is 0 Å². The third kappa shape index (κ3) is 9.70. The highest BCUT2D eigenvalue weighted by Crippen LogP contribution is 2.28. The quantitative estimate of drug-likeness (QED) is 0.132. The molecule has 0 N–H and O–H groups in total. The van der Waals surface area contributed by atoms with Crippen molar-refractivity contribution in [1.82, 2.24) is 9.97 Å². The molecule has 0 spiro atoms. The lowest BCUT2D eigenvalue weighted by atomic mass is 10.0. The molecule has 2 aromatic heterocycles. The van der Waals surface area contributed by atoms with Gasteiger partial charge in [-0.1, -0.05) is 71.8 Å². The normalized spacial score (nSPS) is 12.7. The first-order valence-electron chi connectivity index (χ1n) is 18.8. The topological polar surface area (TPSA) is 75.2 Å². The second kappa shape index (κ2) is 16.9. The summed E-state index contributed by atoms with van der Waals surface area (Å²) in [6.07, 6.45) is 0.757. The molecule has 0 aliphatic rings. The van der Waals surface area contributed by atoms with Gasteiger partial charge in [0.25, 0.3) is 0 Å². The van der Waals surface area contributed by atoms with Crippen LogP contribution < -0.4 is 0 Å². The molecule has 0 amide bonds. The molecule has 0 bridgehead atoms. The van der Waals surface area contributed by atoms with E-state index in [-0.39, 0.29) is 0 Å². The van der Waals surface area contributed by atoms with Crippen LogP contribution in [-0.4, -0.2) is 32.8 Å². The van der Waals surface area contributed by atoms with Gasteiger partial charge in [0, 0.05) is 0 Å². The molecule has 0 radical (unpaired) electrons. The zero-order chi connectivity index (χ0) is 39.2. The van der Waals surface area contributed by atoms with E-state index in [1.165, 1.54) is 44.5 Å². The van der Waals surface area contributed by atoms with Crippen molar-refractivity contribution in [3.63, 3.8) is 0 Å². The first-order valence-corrected chi connectivity index (χ1v) is 18.8. The molecule has 0 unspecified atom stereocenters. The fourth-order valence-corrected chi connectivity index (χ4v) is 7.03. The summed E-state index contributed by atoms with van der Waals surface area (Å²) in [6, 6.07) is 37.5. The Bertz CT molecular complexity index is 2300. The number of aromatic nitrogens is 2. The van der Waals surface area contributed by atoms with Crippen LogP contribution in [0.1, 0.15) is 95.0 Å². The molecule has 4 aromatic carbocycles. The monoisotopic (exact) mass is 722 g/mol. The van der Waals surface area contributed by atoms with E-state index in [4.69, 9.17) is 29.9 Å². The minimum absolute atomic E-state index is 0.757. The summed E-state index contributed by atoms with van der Waals surface area (Å²) in [5, 5.41) is 0. The van der Waals surface area contributed by atoms with Crippen molar-refractivity contribution in [2.24, 2.45) is 20.0 Å². The van der Waals surface area contributed by atoms with Gasteiger partial charge in [-0.3, -0.25) is 20.0 Å². The Morgan fingerprint density at radius 2 is 0.709 bits per heavy atom. The van der Waals surface area contributed by atoms with Gasteiger partial charge in [-0.15, -0.1) is 0 Å². The fourth-order valence-electron chi connectivity index (χ4n) is 7.03. The number of aliphatic imine (C=N–C) groups is 4. The lowest BCUT2D eigenvalue weighted by Crippen LogP contribution is -2.05. The molecule has 2 heterocycles. The minimum atomic E-state index is 0.757. The van der Waals surface area contributed by atoms with E-state index in [1.54, 1.807) is 0 Å². The van der Waals surface area contributed by atoms with Crippen LogP contribution in [0.3, 0.4) is 0 Å². The van der Waals surface area contributed by atoms with Gasteiger partial charge in [0.15, 0.2) is 0 Å². The molecule has 0 saturated carbocycles. The van der Waals surface area contributed by atoms with Crippen molar-refractivity contribution in [2.75, 3.05) is 0 Å². The maximum absolute atomic E-state index is 4.98. The van der Waals surface area contributed by atoms with Crippen molar-refractivity contribution in [2.45, 2.75) is 75.7 Å². The summed E-state index contributed by atoms with van der Waals surface area (Å²) in [5.41, 5.74) is 20.1. The second-order valence-electron chi connectivity index (χ2n) is 14.6. The van der Waals surface area contributed by atoms with E-state index >= 15 is 0 Å². The molecule has 0 aliphatic carbocycles. The van der Waals surface area contributed by atoms with Crippen LogP contribution >= 0.6 is 0 Å². The Kier molecular flexibility index (Phi) is 11.9. The lowest BCUT2D eigenvalue weighted by Gasteiger charge is -2.10. The number of hydrogen-bond donors (Lipinski definition) is 0. The summed E-state index contributed by atoms with van der Waals surface area (Å²) in [6.45, 7) is 20.7. The minimum Gasteiger partial charge on any atom is -0.252 e. The molecule has 0 atom stereocenters. The lowest BCUT2D eigenvalue weighted by molar-refractivity contribution is 1.18. The molecule has 6 heteroatoms. The molecule has 0 aliphatic heterocycles. The van der Waals surface area contributed by atoms with Crippen LogP contribution in [0.5, 0.6) is 0 Å². The van der Waals surface area contributed by atoms with Crippen LogP contribution in [0.4, 0.5) is 22.7 Å². The first kappa shape index (κ1) is 38.6. The zero-order valence-electron chi connectivity index (χ0n) is 33.8. The molecular weight excluding hydrogens is 673 g/mol. The molecule has 55 heavy (non-hydrogen) atoms. The number of hydrogen-bond acceptors (Lipinski definition) is 6. The Balaban J connectivity index is 1.17. The zero-order valence-corrected chi connectivity index (χ0v) is 33.8. The van der Waals surface area contributed by atoms with E-state index in [9.17, 15) is 0 Å². The van der Waals surface area contributed by atoms with Crippen molar-refractivity contribution >= 4 is 45.6 Å². The second-order valence-corrected chi connectivity index (χ2v) is 14.6. The predicted octanol–water partition coefficient (Wildman–Crippen LogP) is 12.5. The highest BCUT2D eigenvalue weighted by Gasteiger charge is 2.10. The van der Waals surface area contributed by atoms with Crippen molar-refractivity contribution < 1.29 is 0 Å². The molecule has 276 valence electrons. The van der Waals surface area contributed by atoms with Crippen LogP contribution in [0.25, 0.3) is 0 Å². The van der Waals surface area contributed by atoms with Gasteiger partial charge in [0.2, 0.25) is 0 Å². The number of nitrogens with zero attached hydrogens (tertiary/aromatic N) is 6. The number of pyridine rings is 2. The number of rotatable bonds is 10. The van der Waals surface area contributed by atoms with Crippen LogP contribution in [-0.2, 0) is 6.42 Å². The highest BCUT2D eigenvalue weighted by atomic mass is 14.8. The van der Waals surface area contributed by atoms with Gasteiger partial charge in [-0.05, 0) is 158 Å². The van der Waals surface area contributed by atoms with Gasteiger partial charge >= 0.3 is 0 Å². The standard InChI is InChI=1S/C49H50N6/c1-30-23-32(3)48(33(4)24-30)52-38(9)46-21-13-19-44(54-46)36(7)50-42-17-11-15-40(28-42)27-41-16-12-18-43(29-41)51-37(8)45-20-14-22-47(55-45)39(10)53-49-34(5)25-31(2)26-35(49)6/h11-26,28-29H,27H2,1-10H3/b50-36+,51-37+,52-38+,53-39+. The van der Waals surface area contributed by atoms with Gasteiger partial charge in [0.05, 0.1) is 68.4 Å². The Morgan fingerprint density at radius 3 is 1.05 bits per heavy atom. The fraction of sp³-hybridized carbons (Fsp3) is 0.224. The van der Waals surface area contributed by atoms with Gasteiger partial charge < -0.3 is 0 Å². The number of benzene rings is 4. The summed E-state index contributed by atoms with van der Waals surface area (Å²) >= 11 is 0. The maximum atomic E-state index is 4.98. The van der Waals surface area contributed by atoms with Gasteiger partial charge in [-0.25, -0.2) is 9.97 Å². The number of aryl methyl sites for hydroxylation is 6. The highest BCUT2D eigenvalue weighted by molar-refractivity contribution is 6.03. The van der Waals surface area contributed by atoms with Crippen LogP contribution in [0.2, 0.25) is 0 Å². The van der Waals surface area contributed by atoms with Crippen molar-refractivity contribution in [3.8, 4) is 0 Å². The predicted molar refractivity (Wildman–Crippen MR) is 233 cm³/mol. The molecule has 6 aromatic rings. The van der Waals surface area contributed by atoms with Crippen LogP contribution in [0, 0.1) is 41.5 Å². The van der Waals surface area contributed by atoms with E-state index in [2.05, 4.69) is 102 Å². The van der Waals surface area contributed by atoms with Gasteiger partial charge in [0.1, 0.15) is 0 Å². The average molecular weight is 723 g/mol. The molecule has 6 nitrogen and oxygen atoms in total. The average Bonchev–Trinajstić information content (AvgIpc) is 3.14. The SMILES string of the molecule is C/C(=N\c1cccc(Cc2cccc(/N=C(\C)c3cccc(/C(C)=N/c4c(C)cc(C)cc4C)n3)c2)c1)c1cccc(/C(C)=N/c2c(C)cc(C)cc2C)n1. The molecule has 0 fully saturated rings. The first-order chi connectivity index (χ1) is 26.3. The molecule has 6 rings (SSSR count). The van der Waals surface area contributed by atoms with E-state index in [0.717, 1.165) is 74.8 Å². The summed E-state index contributed by atoms with van der Waals surface area (Å²) in [7, 11) is 0. The molecular formula is C49H50N6.